The summed E-state index contributed by atoms with van der Waals surface area (Å²) in [7, 11) is 0. The van der Waals surface area contributed by atoms with Crippen molar-refractivity contribution < 1.29 is 27.8 Å². The van der Waals surface area contributed by atoms with E-state index in [1.165, 1.54) is 4.68 Å². The molecule has 1 aliphatic rings. The first-order valence-corrected chi connectivity index (χ1v) is 9.18. The fourth-order valence-electron chi connectivity index (χ4n) is 3.24. The number of nitrogens with zero attached hydrogens (tertiary/aromatic N) is 2. The fourth-order valence-corrected chi connectivity index (χ4v) is 3.24. The van der Waals surface area contributed by atoms with E-state index in [0.29, 0.717) is 38.7 Å². The van der Waals surface area contributed by atoms with Crippen molar-refractivity contribution in [2.75, 3.05) is 13.2 Å². The molecule has 0 aromatic carbocycles. The maximum atomic E-state index is 13.6. The van der Waals surface area contributed by atoms with Crippen molar-refractivity contribution in [2.45, 2.75) is 64.8 Å². The summed E-state index contributed by atoms with van der Waals surface area (Å²) in [6.45, 7) is 4.23. The van der Waals surface area contributed by atoms with Crippen molar-refractivity contribution in [1.82, 2.24) is 9.78 Å². The Kier molecular flexibility index (Phi) is 7.53. The van der Waals surface area contributed by atoms with Crippen LogP contribution in [0.25, 0.3) is 0 Å². The Morgan fingerprint density at radius 1 is 1.23 bits per heavy atom. The van der Waals surface area contributed by atoms with Gasteiger partial charge in [0.05, 0.1) is 31.4 Å². The first-order valence-electron chi connectivity index (χ1n) is 9.18. The average Bonchev–Trinajstić information content (AvgIpc) is 3.07. The molecular weight excluding hydrogens is 346 g/mol. The molecule has 0 bridgehead atoms. The first-order chi connectivity index (χ1) is 12.5. The molecule has 0 atom stereocenters. The predicted molar refractivity (Wildman–Crippen MR) is 90.0 cm³/mol. The zero-order valence-electron chi connectivity index (χ0n) is 15.2. The van der Waals surface area contributed by atoms with Crippen LogP contribution < -0.4 is 0 Å². The Labute approximate surface area is 151 Å². The summed E-state index contributed by atoms with van der Waals surface area (Å²) in [5.41, 5.74) is -0.574. The Hall–Kier alpha value is -1.99. The highest BCUT2D eigenvalue weighted by molar-refractivity contribution is 5.90. The van der Waals surface area contributed by atoms with E-state index in [0.717, 1.165) is 12.6 Å². The zero-order valence-corrected chi connectivity index (χ0v) is 15.2. The highest BCUT2D eigenvalue weighted by Crippen LogP contribution is 2.36. The van der Waals surface area contributed by atoms with Gasteiger partial charge in [0, 0.05) is 0 Å². The summed E-state index contributed by atoms with van der Waals surface area (Å²) in [6, 6.07) is -0.262. The predicted octanol–water partition coefficient (Wildman–Crippen LogP) is 4.07. The van der Waals surface area contributed by atoms with Crippen LogP contribution in [-0.4, -0.2) is 34.9 Å². The maximum Gasteiger partial charge on any atom is 0.341 e. The topological polar surface area (TPSA) is 70.4 Å². The Bertz CT molecular complexity index is 610. The number of ether oxygens (including phenoxy) is 2. The van der Waals surface area contributed by atoms with Crippen LogP contribution >= 0.6 is 0 Å². The molecule has 26 heavy (non-hydrogen) atoms. The second-order valence-electron chi connectivity index (χ2n) is 6.44. The number of unbranched alkanes of at least 4 members (excludes halogenated alkanes) is 1. The monoisotopic (exact) mass is 372 g/mol. The molecule has 1 aliphatic carbocycles. The molecule has 0 saturated heterocycles. The van der Waals surface area contributed by atoms with Gasteiger partial charge >= 0.3 is 11.9 Å². The number of carbonyl (C=O) groups is 2. The zero-order chi connectivity index (χ0) is 19.1. The largest absolute Gasteiger partial charge is 0.466 e. The van der Waals surface area contributed by atoms with Crippen LogP contribution in [0.1, 0.15) is 80.9 Å². The SMILES string of the molecule is CCCCOC(=O)c1cnn([C@H]2CC[C@H](C(=O)OCC)CC2)c1C(F)F. The van der Waals surface area contributed by atoms with E-state index in [1.54, 1.807) is 6.92 Å². The van der Waals surface area contributed by atoms with Crippen LogP contribution in [-0.2, 0) is 14.3 Å². The lowest BCUT2D eigenvalue weighted by molar-refractivity contribution is -0.149. The highest BCUT2D eigenvalue weighted by atomic mass is 19.3. The van der Waals surface area contributed by atoms with Crippen LogP contribution in [0.3, 0.4) is 0 Å². The van der Waals surface area contributed by atoms with Crippen LogP contribution in [0.4, 0.5) is 8.78 Å². The van der Waals surface area contributed by atoms with Gasteiger partial charge in [-0.1, -0.05) is 13.3 Å². The third-order valence-corrected chi connectivity index (χ3v) is 4.65. The van der Waals surface area contributed by atoms with E-state index in [2.05, 4.69) is 5.10 Å². The number of aromatic nitrogens is 2. The van der Waals surface area contributed by atoms with E-state index in [4.69, 9.17) is 9.47 Å². The molecule has 1 aromatic heterocycles. The lowest BCUT2D eigenvalue weighted by atomic mass is 9.86. The number of hydrogen-bond acceptors (Lipinski definition) is 5. The molecule has 6 nitrogen and oxygen atoms in total. The van der Waals surface area contributed by atoms with Crippen LogP contribution in [0, 0.1) is 5.92 Å². The van der Waals surface area contributed by atoms with Crippen molar-refractivity contribution in [2.24, 2.45) is 5.92 Å². The molecule has 2 rings (SSSR count). The summed E-state index contributed by atoms with van der Waals surface area (Å²) < 4.78 is 38.5. The van der Waals surface area contributed by atoms with E-state index in [9.17, 15) is 18.4 Å². The summed E-state index contributed by atoms with van der Waals surface area (Å²) in [6.07, 6.45) is 2.05. The minimum Gasteiger partial charge on any atom is -0.466 e. The summed E-state index contributed by atoms with van der Waals surface area (Å²) in [4.78, 5) is 23.9. The molecule has 0 unspecified atom stereocenters. The molecule has 0 aliphatic heterocycles. The Balaban J connectivity index is 2.08. The van der Waals surface area contributed by atoms with Crippen molar-refractivity contribution in [1.29, 1.82) is 0 Å². The minimum atomic E-state index is -2.82. The van der Waals surface area contributed by atoms with Crippen LogP contribution in [0.15, 0.2) is 6.20 Å². The van der Waals surface area contributed by atoms with Gasteiger partial charge in [-0.3, -0.25) is 9.48 Å². The maximum absolute atomic E-state index is 13.6. The van der Waals surface area contributed by atoms with Crippen molar-refractivity contribution in [3.05, 3.63) is 17.5 Å². The van der Waals surface area contributed by atoms with Crippen LogP contribution in [0.5, 0.6) is 0 Å². The molecule has 0 N–H and O–H groups in total. The standard InChI is InChI=1S/C18H26F2N2O4/c1-3-5-10-26-18(24)14-11-21-22(15(14)16(19)20)13-8-6-12(7-9-13)17(23)25-4-2/h11-13,16H,3-10H2,1-2H3/t12-,13-. The first kappa shape index (κ1) is 20.3. The van der Waals surface area contributed by atoms with Gasteiger partial charge < -0.3 is 9.47 Å². The molecule has 146 valence electrons. The number of alkyl halides is 2. The van der Waals surface area contributed by atoms with Gasteiger partial charge in [0.1, 0.15) is 11.3 Å². The van der Waals surface area contributed by atoms with Crippen LogP contribution in [0.2, 0.25) is 0 Å². The minimum absolute atomic E-state index is 0.177. The Morgan fingerprint density at radius 3 is 2.50 bits per heavy atom. The third-order valence-electron chi connectivity index (χ3n) is 4.65. The summed E-state index contributed by atoms with van der Waals surface area (Å²) in [5.74, 6) is -1.20. The van der Waals surface area contributed by atoms with Gasteiger partial charge in [-0.25, -0.2) is 13.6 Å². The second-order valence-corrected chi connectivity index (χ2v) is 6.44. The van der Waals surface area contributed by atoms with Crippen molar-refractivity contribution >= 4 is 11.9 Å². The molecular formula is C18H26F2N2O4. The van der Waals surface area contributed by atoms with E-state index < -0.39 is 18.1 Å². The molecule has 0 amide bonds. The second kappa shape index (κ2) is 9.64. The van der Waals surface area contributed by atoms with E-state index >= 15 is 0 Å². The lowest BCUT2D eigenvalue weighted by Gasteiger charge is -2.28. The van der Waals surface area contributed by atoms with E-state index in [-0.39, 0.29) is 30.1 Å². The fraction of sp³-hybridized carbons (Fsp3) is 0.722. The van der Waals surface area contributed by atoms with Crippen molar-refractivity contribution in [3.63, 3.8) is 0 Å². The molecule has 8 heteroatoms. The van der Waals surface area contributed by atoms with Gasteiger partial charge in [-0.2, -0.15) is 5.10 Å². The molecule has 1 aromatic rings. The number of esters is 2. The Morgan fingerprint density at radius 2 is 1.92 bits per heavy atom. The summed E-state index contributed by atoms with van der Waals surface area (Å²) >= 11 is 0. The lowest BCUT2D eigenvalue weighted by Crippen LogP contribution is -2.26. The molecule has 1 saturated carbocycles. The molecule has 1 heterocycles. The normalized spacial score (nSPS) is 20.2. The molecule has 0 radical (unpaired) electrons. The van der Waals surface area contributed by atoms with Crippen molar-refractivity contribution in [3.8, 4) is 0 Å². The van der Waals surface area contributed by atoms with Gasteiger partial charge in [-0.15, -0.1) is 0 Å². The number of rotatable bonds is 8. The highest BCUT2D eigenvalue weighted by Gasteiger charge is 2.33. The quantitative estimate of drug-likeness (QED) is 0.508. The average molecular weight is 372 g/mol. The number of hydrogen-bond donors (Lipinski definition) is 0. The molecule has 0 spiro atoms. The smallest absolute Gasteiger partial charge is 0.341 e. The number of carbonyl (C=O) groups excluding carboxylic acids is 2. The summed E-state index contributed by atoms with van der Waals surface area (Å²) in [5, 5.41) is 4.04. The van der Waals surface area contributed by atoms with E-state index in [1.807, 2.05) is 6.92 Å². The van der Waals surface area contributed by atoms with Gasteiger partial charge in [0.2, 0.25) is 0 Å². The van der Waals surface area contributed by atoms with Gasteiger partial charge in [-0.05, 0) is 39.0 Å². The van der Waals surface area contributed by atoms with Gasteiger partial charge in [0.15, 0.2) is 0 Å². The number of halogens is 2. The molecule has 1 fully saturated rings. The third kappa shape index (κ3) is 4.80. The van der Waals surface area contributed by atoms with Gasteiger partial charge in [0.25, 0.3) is 6.43 Å².